The number of rotatable bonds is 3. The van der Waals surface area contributed by atoms with E-state index in [1.165, 1.54) is 13.2 Å². The average molecular weight is 285 g/mol. The lowest BCUT2D eigenvalue weighted by molar-refractivity contribution is -0.126. The van der Waals surface area contributed by atoms with Crippen molar-refractivity contribution in [2.45, 2.75) is 19.8 Å². The Morgan fingerprint density at radius 2 is 2.16 bits per heavy atom. The highest BCUT2D eigenvalue weighted by atomic mass is 35.5. The van der Waals surface area contributed by atoms with Gasteiger partial charge in [-0.3, -0.25) is 10.1 Å². The SMILES string of the molecule is COc1cc(Cl)nc(NC(=O)C2(C)CCNCC2)n1. The Morgan fingerprint density at radius 3 is 2.79 bits per heavy atom. The molecule has 7 heteroatoms. The van der Waals surface area contributed by atoms with Crippen molar-refractivity contribution in [3.8, 4) is 5.88 Å². The molecule has 2 rings (SSSR count). The molecule has 0 atom stereocenters. The Kier molecular flexibility index (Phi) is 4.21. The Bertz CT molecular complexity index is 475. The third kappa shape index (κ3) is 3.33. The van der Waals surface area contributed by atoms with Crippen LogP contribution in [-0.2, 0) is 4.79 Å². The molecule has 1 fully saturated rings. The fourth-order valence-corrected chi connectivity index (χ4v) is 2.19. The number of piperidine rings is 1. The smallest absolute Gasteiger partial charge is 0.234 e. The highest BCUT2D eigenvalue weighted by Crippen LogP contribution is 2.29. The average Bonchev–Trinajstić information content (AvgIpc) is 2.38. The maximum Gasteiger partial charge on any atom is 0.234 e. The second kappa shape index (κ2) is 5.71. The van der Waals surface area contributed by atoms with E-state index in [0.29, 0.717) is 5.88 Å². The minimum atomic E-state index is -0.399. The van der Waals surface area contributed by atoms with Crippen LogP contribution in [-0.4, -0.2) is 36.1 Å². The third-order valence-corrected chi connectivity index (χ3v) is 3.55. The van der Waals surface area contributed by atoms with Crippen LogP contribution in [0, 0.1) is 5.41 Å². The Hall–Kier alpha value is -1.40. The second-order valence-electron chi connectivity index (χ2n) is 4.82. The number of anilines is 1. The first-order valence-corrected chi connectivity index (χ1v) is 6.52. The van der Waals surface area contributed by atoms with Gasteiger partial charge in [0.05, 0.1) is 7.11 Å². The summed E-state index contributed by atoms with van der Waals surface area (Å²) < 4.78 is 4.99. The van der Waals surface area contributed by atoms with E-state index in [1.54, 1.807) is 0 Å². The van der Waals surface area contributed by atoms with Crippen LogP contribution < -0.4 is 15.4 Å². The van der Waals surface area contributed by atoms with Gasteiger partial charge in [-0.1, -0.05) is 18.5 Å². The normalized spacial score (nSPS) is 17.8. The Morgan fingerprint density at radius 1 is 1.47 bits per heavy atom. The van der Waals surface area contributed by atoms with E-state index < -0.39 is 5.41 Å². The van der Waals surface area contributed by atoms with Crippen molar-refractivity contribution in [3.63, 3.8) is 0 Å². The molecule has 0 saturated carbocycles. The molecule has 0 radical (unpaired) electrons. The van der Waals surface area contributed by atoms with Crippen LogP contribution >= 0.6 is 11.6 Å². The molecule has 19 heavy (non-hydrogen) atoms. The molecular weight excluding hydrogens is 268 g/mol. The summed E-state index contributed by atoms with van der Waals surface area (Å²) in [7, 11) is 1.48. The summed E-state index contributed by atoms with van der Waals surface area (Å²) in [6.45, 7) is 3.62. The zero-order valence-corrected chi connectivity index (χ0v) is 11.8. The van der Waals surface area contributed by atoms with Crippen LogP contribution in [0.5, 0.6) is 5.88 Å². The molecule has 1 aliphatic heterocycles. The molecule has 1 aliphatic rings. The zero-order valence-electron chi connectivity index (χ0n) is 11.0. The number of hydrogen-bond donors (Lipinski definition) is 2. The molecule has 2 N–H and O–H groups in total. The molecule has 0 unspecified atom stereocenters. The van der Waals surface area contributed by atoms with E-state index in [0.717, 1.165) is 25.9 Å². The van der Waals surface area contributed by atoms with Crippen LogP contribution in [0.3, 0.4) is 0 Å². The van der Waals surface area contributed by atoms with Crippen molar-refractivity contribution in [1.29, 1.82) is 0 Å². The standard InChI is InChI=1S/C12H17ClN4O2/c1-12(3-5-14-6-4-12)10(18)17-11-15-8(13)7-9(16-11)19-2/h7,14H,3-6H2,1-2H3,(H,15,16,17,18). The van der Waals surface area contributed by atoms with E-state index in [-0.39, 0.29) is 17.0 Å². The minimum absolute atomic E-state index is 0.0849. The number of methoxy groups -OCH3 is 1. The number of carbonyl (C=O) groups excluding carboxylic acids is 1. The van der Waals surface area contributed by atoms with Gasteiger partial charge < -0.3 is 10.1 Å². The highest BCUT2D eigenvalue weighted by Gasteiger charge is 2.35. The summed E-state index contributed by atoms with van der Waals surface area (Å²) >= 11 is 5.84. The molecule has 1 aromatic rings. The van der Waals surface area contributed by atoms with Crippen molar-refractivity contribution in [1.82, 2.24) is 15.3 Å². The predicted molar refractivity (Wildman–Crippen MR) is 72.4 cm³/mol. The van der Waals surface area contributed by atoms with Crippen molar-refractivity contribution in [3.05, 3.63) is 11.2 Å². The number of hydrogen-bond acceptors (Lipinski definition) is 5. The number of nitrogens with one attached hydrogen (secondary N) is 2. The summed E-state index contributed by atoms with van der Waals surface area (Å²) in [6, 6.07) is 1.49. The first kappa shape index (κ1) is 14.0. The number of ether oxygens (including phenoxy) is 1. The molecule has 104 valence electrons. The van der Waals surface area contributed by atoms with Gasteiger partial charge in [0, 0.05) is 11.5 Å². The minimum Gasteiger partial charge on any atom is -0.481 e. The van der Waals surface area contributed by atoms with Gasteiger partial charge in [0.1, 0.15) is 5.15 Å². The summed E-state index contributed by atoms with van der Waals surface area (Å²) in [4.78, 5) is 20.3. The Balaban J connectivity index is 2.12. The molecule has 6 nitrogen and oxygen atoms in total. The fourth-order valence-electron chi connectivity index (χ4n) is 2.02. The van der Waals surface area contributed by atoms with Gasteiger partial charge in [0.2, 0.25) is 17.7 Å². The first-order chi connectivity index (χ1) is 9.03. The van der Waals surface area contributed by atoms with Gasteiger partial charge in [0.15, 0.2) is 0 Å². The largest absolute Gasteiger partial charge is 0.481 e. The molecular formula is C12H17ClN4O2. The monoisotopic (exact) mass is 284 g/mol. The first-order valence-electron chi connectivity index (χ1n) is 6.14. The van der Waals surface area contributed by atoms with E-state index >= 15 is 0 Å². The third-order valence-electron chi connectivity index (χ3n) is 3.36. The van der Waals surface area contributed by atoms with E-state index in [2.05, 4.69) is 20.6 Å². The number of aromatic nitrogens is 2. The maximum absolute atomic E-state index is 12.3. The molecule has 1 amide bonds. The van der Waals surface area contributed by atoms with Crippen molar-refractivity contribution < 1.29 is 9.53 Å². The van der Waals surface area contributed by atoms with Gasteiger partial charge in [-0.25, -0.2) is 4.98 Å². The molecule has 0 aromatic carbocycles. The van der Waals surface area contributed by atoms with Gasteiger partial charge in [-0.05, 0) is 25.9 Å². The van der Waals surface area contributed by atoms with E-state index in [1.807, 2.05) is 6.92 Å². The summed E-state index contributed by atoms with van der Waals surface area (Å²) in [5.74, 6) is 0.415. The molecule has 1 saturated heterocycles. The second-order valence-corrected chi connectivity index (χ2v) is 5.21. The number of halogens is 1. The van der Waals surface area contributed by atoms with Crippen LogP contribution in [0.1, 0.15) is 19.8 Å². The van der Waals surface area contributed by atoms with Crippen molar-refractivity contribution in [2.75, 3.05) is 25.5 Å². The van der Waals surface area contributed by atoms with Crippen LogP contribution in [0.25, 0.3) is 0 Å². The lowest BCUT2D eigenvalue weighted by atomic mass is 9.80. The highest BCUT2D eigenvalue weighted by molar-refractivity contribution is 6.29. The molecule has 0 aliphatic carbocycles. The van der Waals surface area contributed by atoms with E-state index in [4.69, 9.17) is 16.3 Å². The molecule has 0 bridgehead atoms. The van der Waals surface area contributed by atoms with Crippen LogP contribution in [0.2, 0.25) is 5.15 Å². The zero-order chi connectivity index (χ0) is 13.9. The lowest BCUT2D eigenvalue weighted by Crippen LogP contribution is -2.43. The quantitative estimate of drug-likeness (QED) is 0.822. The van der Waals surface area contributed by atoms with Crippen molar-refractivity contribution >= 4 is 23.5 Å². The molecule has 1 aromatic heterocycles. The fraction of sp³-hybridized carbons (Fsp3) is 0.583. The van der Waals surface area contributed by atoms with Crippen LogP contribution in [0.15, 0.2) is 6.07 Å². The lowest BCUT2D eigenvalue weighted by Gasteiger charge is -2.32. The summed E-state index contributed by atoms with van der Waals surface area (Å²) in [5.41, 5.74) is -0.399. The number of nitrogens with zero attached hydrogens (tertiary/aromatic N) is 2. The summed E-state index contributed by atoms with van der Waals surface area (Å²) in [5, 5.41) is 6.18. The maximum atomic E-state index is 12.3. The van der Waals surface area contributed by atoms with Crippen molar-refractivity contribution in [2.24, 2.45) is 5.41 Å². The van der Waals surface area contributed by atoms with E-state index in [9.17, 15) is 4.79 Å². The Labute approximate surface area is 116 Å². The molecule has 0 spiro atoms. The molecule has 2 heterocycles. The van der Waals surface area contributed by atoms with Gasteiger partial charge in [-0.15, -0.1) is 0 Å². The van der Waals surface area contributed by atoms with Gasteiger partial charge in [0.25, 0.3) is 0 Å². The van der Waals surface area contributed by atoms with Crippen LogP contribution in [0.4, 0.5) is 5.95 Å². The van der Waals surface area contributed by atoms with Gasteiger partial charge >= 0.3 is 0 Å². The predicted octanol–water partition coefficient (Wildman–Crippen LogP) is 1.47. The number of amides is 1. The topological polar surface area (TPSA) is 76.1 Å². The number of carbonyl (C=O) groups is 1. The summed E-state index contributed by atoms with van der Waals surface area (Å²) in [6.07, 6.45) is 1.58. The van der Waals surface area contributed by atoms with Gasteiger partial charge in [-0.2, -0.15) is 4.98 Å².